The molecule has 1 amide bonds. The first kappa shape index (κ1) is 12.7. The largest absolute Gasteiger partial charge is 0.477 e. The molecular weight excluding hydrogens is 250 g/mol. The quantitative estimate of drug-likeness (QED) is 0.850. The van der Waals surface area contributed by atoms with Gasteiger partial charge in [-0.1, -0.05) is 6.07 Å². The number of carboxylic acid groups (broad SMARTS) is 1. The Labute approximate surface area is 108 Å². The summed E-state index contributed by atoms with van der Waals surface area (Å²) in [6.07, 6.45) is 1.55. The van der Waals surface area contributed by atoms with Crippen molar-refractivity contribution in [3.05, 3.63) is 47.4 Å². The third-order valence-corrected chi connectivity index (χ3v) is 2.27. The fourth-order valence-electron chi connectivity index (χ4n) is 1.41. The van der Waals surface area contributed by atoms with Crippen LogP contribution in [0.2, 0.25) is 0 Å². The number of hydrogen-bond acceptors (Lipinski definition) is 5. The van der Waals surface area contributed by atoms with Crippen LogP contribution in [0.3, 0.4) is 0 Å². The van der Waals surface area contributed by atoms with Gasteiger partial charge in [-0.2, -0.15) is 0 Å². The normalized spacial score (nSPS) is 10.2. The smallest absolute Gasteiger partial charge is 0.354 e. The fraction of sp³-hybridized carbons (Fsp3) is 0.167. The first-order chi connectivity index (χ1) is 9.06. The van der Waals surface area contributed by atoms with E-state index in [2.05, 4.69) is 15.3 Å². The summed E-state index contributed by atoms with van der Waals surface area (Å²) in [7, 11) is 0. The van der Waals surface area contributed by atoms with Gasteiger partial charge in [-0.3, -0.25) is 4.79 Å². The third-order valence-electron chi connectivity index (χ3n) is 2.27. The van der Waals surface area contributed by atoms with E-state index in [9.17, 15) is 9.59 Å². The van der Waals surface area contributed by atoms with Gasteiger partial charge in [0.15, 0.2) is 0 Å². The van der Waals surface area contributed by atoms with E-state index in [4.69, 9.17) is 9.52 Å². The number of nitrogens with one attached hydrogen (secondary N) is 1. The van der Waals surface area contributed by atoms with Crippen LogP contribution >= 0.6 is 0 Å². The molecule has 0 aliphatic carbocycles. The molecule has 7 heteroatoms. The first-order valence-electron chi connectivity index (χ1n) is 5.46. The molecule has 2 aromatic heterocycles. The predicted octanol–water partition coefficient (Wildman–Crippen LogP) is 1.01. The minimum Gasteiger partial charge on any atom is -0.477 e. The van der Waals surface area contributed by atoms with Crippen molar-refractivity contribution in [2.24, 2.45) is 0 Å². The maximum Gasteiger partial charge on any atom is 0.354 e. The molecule has 0 saturated carbocycles. The second kappa shape index (κ2) is 5.30. The Kier molecular flexibility index (Phi) is 3.56. The molecule has 98 valence electrons. The van der Waals surface area contributed by atoms with Gasteiger partial charge in [-0.05, 0) is 19.1 Å². The van der Waals surface area contributed by atoms with E-state index in [1.165, 1.54) is 18.2 Å². The number of rotatable bonds is 4. The van der Waals surface area contributed by atoms with Crippen molar-refractivity contribution < 1.29 is 19.1 Å². The minimum absolute atomic E-state index is 0.0307. The van der Waals surface area contributed by atoms with Crippen LogP contribution in [0.5, 0.6) is 0 Å². The van der Waals surface area contributed by atoms with E-state index in [0.717, 1.165) is 0 Å². The Hall–Kier alpha value is -2.70. The van der Waals surface area contributed by atoms with Gasteiger partial charge in [-0.25, -0.2) is 14.8 Å². The summed E-state index contributed by atoms with van der Waals surface area (Å²) in [4.78, 5) is 30.2. The molecule has 0 fully saturated rings. The molecule has 0 atom stereocenters. The van der Waals surface area contributed by atoms with E-state index in [-0.39, 0.29) is 17.9 Å². The van der Waals surface area contributed by atoms with Crippen molar-refractivity contribution in [1.29, 1.82) is 0 Å². The van der Waals surface area contributed by atoms with Gasteiger partial charge in [0.2, 0.25) is 5.89 Å². The highest BCUT2D eigenvalue weighted by molar-refractivity contribution is 5.94. The lowest BCUT2D eigenvalue weighted by molar-refractivity contribution is 0.0690. The topological polar surface area (TPSA) is 105 Å². The van der Waals surface area contributed by atoms with E-state index in [1.54, 1.807) is 13.1 Å². The Morgan fingerprint density at radius 2 is 2.11 bits per heavy atom. The number of aromatic nitrogens is 2. The highest BCUT2D eigenvalue weighted by Gasteiger charge is 2.11. The molecule has 2 aromatic rings. The average molecular weight is 261 g/mol. The number of hydrogen-bond donors (Lipinski definition) is 2. The van der Waals surface area contributed by atoms with Crippen molar-refractivity contribution in [2.45, 2.75) is 13.5 Å². The summed E-state index contributed by atoms with van der Waals surface area (Å²) < 4.78 is 5.19. The summed E-state index contributed by atoms with van der Waals surface area (Å²) in [5, 5.41) is 11.3. The number of aromatic carboxylic acids is 1. The van der Waals surface area contributed by atoms with E-state index in [1.807, 2.05) is 0 Å². The number of carboxylic acids is 1. The molecular formula is C12H11N3O4. The van der Waals surface area contributed by atoms with Gasteiger partial charge in [0, 0.05) is 0 Å². The van der Waals surface area contributed by atoms with Gasteiger partial charge in [-0.15, -0.1) is 0 Å². The van der Waals surface area contributed by atoms with Crippen LogP contribution in [-0.4, -0.2) is 27.0 Å². The molecule has 19 heavy (non-hydrogen) atoms. The fourth-order valence-corrected chi connectivity index (χ4v) is 1.41. The average Bonchev–Trinajstić information content (AvgIpc) is 2.82. The van der Waals surface area contributed by atoms with Crippen LogP contribution in [0.1, 0.15) is 32.6 Å². The summed E-state index contributed by atoms with van der Waals surface area (Å²) in [6, 6.07) is 4.21. The lowest BCUT2D eigenvalue weighted by atomic mass is 10.3. The van der Waals surface area contributed by atoms with Crippen molar-refractivity contribution in [2.75, 3.05) is 0 Å². The highest BCUT2D eigenvalue weighted by Crippen LogP contribution is 2.03. The zero-order valence-corrected chi connectivity index (χ0v) is 10.1. The van der Waals surface area contributed by atoms with Gasteiger partial charge in [0.1, 0.15) is 17.1 Å². The molecule has 0 bridgehead atoms. The molecule has 2 rings (SSSR count). The molecule has 0 radical (unpaired) electrons. The Morgan fingerprint density at radius 1 is 1.37 bits per heavy atom. The minimum atomic E-state index is -1.18. The van der Waals surface area contributed by atoms with Gasteiger partial charge >= 0.3 is 5.97 Å². The van der Waals surface area contributed by atoms with Crippen LogP contribution < -0.4 is 5.32 Å². The zero-order valence-electron chi connectivity index (χ0n) is 10.1. The highest BCUT2D eigenvalue weighted by atomic mass is 16.4. The Bertz CT molecular complexity index is 621. The molecule has 0 aromatic carbocycles. The van der Waals surface area contributed by atoms with Gasteiger partial charge in [0.25, 0.3) is 5.91 Å². The van der Waals surface area contributed by atoms with Gasteiger partial charge in [0.05, 0.1) is 12.7 Å². The number of amides is 1. The molecule has 2 N–H and O–H groups in total. The van der Waals surface area contributed by atoms with Crippen molar-refractivity contribution >= 4 is 11.9 Å². The Balaban J connectivity index is 2.03. The molecule has 0 aliphatic heterocycles. The molecule has 0 spiro atoms. The van der Waals surface area contributed by atoms with Gasteiger partial charge < -0.3 is 14.8 Å². The van der Waals surface area contributed by atoms with Crippen LogP contribution in [0.25, 0.3) is 0 Å². The monoisotopic (exact) mass is 261 g/mol. The SMILES string of the molecule is Cc1cnc(CNC(=O)c2cccc(C(=O)O)n2)o1. The lowest BCUT2D eigenvalue weighted by Crippen LogP contribution is -2.24. The van der Waals surface area contributed by atoms with Crippen LogP contribution in [0.4, 0.5) is 0 Å². The van der Waals surface area contributed by atoms with Crippen molar-refractivity contribution in [3.63, 3.8) is 0 Å². The molecule has 0 aliphatic rings. The number of oxazole rings is 1. The summed E-state index contributed by atoms with van der Waals surface area (Å²) >= 11 is 0. The van der Waals surface area contributed by atoms with Crippen LogP contribution in [0, 0.1) is 6.92 Å². The van der Waals surface area contributed by atoms with Crippen molar-refractivity contribution in [1.82, 2.24) is 15.3 Å². The second-order valence-corrected chi connectivity index (χ2v) is 3.76. The predicted molar refractivity (Wildman–Crippen MR) is 63.6 cm³/mol. The lowest BCUT2D eigenvalue weighted by Gasteiger charge is -2.02. The van der Waals surface area contributed by atoms with Crippen LogP contribution in [-0.2, 0) is 6.54 Å². The number of aryl methyl sites for hydroxylation is 1. The van der Waals surface area contributed by atoms with E-state index in [0.29, 0.717) is 11.7 Å². The first-order valence-corrected chi connectivity index (χ1v) is 5.46. The van der Waals surface area contributed by atoms with E-state index < -0.39 is 11.9 Å². The summed E-state index contributed by atoms with van der Waals surface area (Å²) in [6.45, 7) is 1.86. The maximum atomic E-state index is 11.8. The van der Waals surface area contributed by atoms with Crippen molar-refractivity contribution in [3.8, 4) is 0 Å². The molecule has 0 unspecified atom stereocenters. The number of carbonyl (C=O) groups excluding carboxylic acids is 1. The summed E-state index contributed by atoms with van der Waals surface area (Å²) in [5.74, 6) is -0.646. The number of nitrogens with zero attached hydrogens (tertiary/aromatic N) is 2. The summed E-state index contributed by atoms with van der Waals surface area (Å²) in [5.41, 5.74) is -0.150. The maximum absolute atomic E-state index is 11.8. The van der Waals surface area contributed by atoms with Crippen LogP contribution in [0.15, 0.2) is 28.8 Å². The molecule has 2 heterocycles. The Morgan fingerprint density at radius 3 is 2.74 bits per heavy atom. The number of carbonyl (C=O) groups is 2. The van der Waals surface area contributed by atoms with E-state index >= 15 is 0 Å². The zero-order chi connectivity index (χ0) is 13.8. The third kappa shape index (κ3) is 3.15. The molecule has 0 saturated heterocycles. The standard InChI is InChI=1S/C12H11N3O4/c1-7-5-13-10(19-7)6-14-11(16)8-3-2-4-9(15-8)12(17)18/h2-5H,6H2,1H3,(H,14,16)(H,17,18). The second-order valence-electron chi connectivity index (χ2n) is 3.76. The molecule has 7 nitrogen and oxygen atoms in total. The number of pyridine rings is 1.